The maximum atomic E-state index is 11.7. The Labute approximate surface area is 98.8 Å². The van der Waals surface area contributed by atoms with Gasteiger partial charge in [0.1, 0.15) is 0 Å². The van der Waals surface area contributed by atoms with Gasteiger partial charge in [-0.15, -0.1) is 0 Å². The zero-order valence-electron chi connectivity index (χ0n) is 9.66. The lowest BCUT2D eigenvalue weighted by Gasteiger charge is -2.12. The molecule has 1 aliphatic rings. The van der Waals surface area contributed by atoms with Gasteiger partial charge >= 0.3 is 5.97 Å². The van der Waals surface area contributed by atoms with E-state index >= 15 is 0 Å². The van der Waals surface area contributed by atoms with Crippen molar-refractivity contribution in [3.8, 4) is 0 Å². The zero-order chi connectivity index (χ0) is 12.5. The van der Waals surface area contributed by atoms with Crippen molar-refractivity contribution in [2.24, 2.45) is 5.41 Å². The Balaban J connectivity index is 1.93. The standard InChI is InChI=1S/C12H15NO4/c1-2-12(5-6-12)7-13-10(14)8-3-4-9(17-8)11(15)16/h3-4H,2,5-7H2,1H3,(H,13,14)(H,15,16). The topological polar surface area (TPSA) is 79.5 Å². The van der Waals surface area contributed by atoms with Gasteiger partial charge in [-0.25, -0.2) is 4.79 Å². The predicted molar refractivity (Wildman–Crippen MR) is 60.0 cm³/mol. The van der Waals surface area contributed by atoms with E-state index < -0.39 is 5.97 Å². The van der Waals surface area contributed by atoms with Crippen LogP contribution in [0.1, 0.15) is 47.3 Å². The van der Waals surface area contributed by atoms with Crippen LogP contribution in [-0.4, -0.2) is 23.5 Å². The van der Waals surface area contributed by atoms with Gasteiger partial charge in [0.25, 0.3) is 5.91 Å². The fourth-order valence-electron chi connectivity index (χ4n) is 1.76. The van der Waals surface area contributed by atoms with E-state index in [2.05, 4.69) is 12.2 Å². The summed E-state index contributed by atoms with van der Waals surface area (Å²) < 4.78 is 4.91. The minimum absolute atomic E-state index is 0.0503. The van der Waals surface area contributed by atoms with Gasteiger partial charge in [-0.2, -0.15) is 0 Å². The number of amides is 1. The van der Waals surface area contributed by atoms with Crippen LogP contribution in [0.5, 0.6) is 0 Å². The first-order chi connectivity index (χ1) is 8.06. The third kappa shape index (κ3) is 2.49. The molecule has 2 N–H and O–H groups in total. The predicted octanol–water partition coefficient (Wildman–Crippen LogP) is 1.90. The number of nitrogens with one attached hydrogen (secondary N) is 1. The second kappa shape index (κ2) is 4.24. The lowest BCUT2D eigenvalue weighted by molar-refractivity contribution is 0.0659. The Morgan fingerprint density at radius 1 is 1.41 bits per heavy atom. The monoisotopic (exact) mass is 237 g/mol. The van der Waals surface area contributed by atoms with Crippen molar-refractivity contribution < 1.29 is 19.1 Å². The highest BCUT2D eigenvalue weighted by atomic mass is 16.4. The van der Waals surface area contributed by atoms with Crippen LogP contribution in [0.2, 0.25) is 0 Å². The zero-order valence-corrected chi connectivity index (χ0v) is 9.66. The molecule has 0 aromatic carbocycles. The van der Waals surface area contributed by atoms with E-state index in [1.807, 2.05) is 0 Å². The summed E-state index contributed by atoms with van der Waals surface area (Å²) in [5, 5.41) is 11.4. The summed E-state index contributed by atoms with van der Waals surface area (Å²) in [7, 11) is 0. The number of rotatable bonds is 5. The first kappa shape index (κ1) is 11.7. The van der Waals surface area contributed by atoms with Gasteiger partial charge in [0, 0.05) is 6.54 Å². The van der Waals surface area contributed by atoms with Gasteiger partial charge in [-0.1, -0.05) is 6.92 Å². The van der Waals surface area contributed by atoms with E-state index in [4.69, 9.17) is 9.52 Å². The molecule has 1 heterocycles. The summed E-state index contributed by atoms with van der Waals surface area (Å²) in [5.41, 5.74) is 0.262. The average Bonchev–Trinajstić information content (AvgIpc) is 2.92. The Kier molecular flexibility index (Phi) is 2.92. The number of carbonyl (C=O) groups excluding carboxylic acids is 1. The Bertz CT molecular complexity index is 445. The molecule has 0 bridgehead atoms. The number of hydrogen-bond acceptors (Lipinski definition) is 3. The highest BCUT2D eigenvalue weighted by Gasteiger charge is 2.40. The third-order valence-electron chi connectivity index (χ3n) is 3.37. The summed E-state index contributed by atoms with van der Waals surface area (Å²) in [6, 6.07) is 2.66. The van der Waals surface area contributed by atoms with E-state index in [1.165, 1.54) is 12.1 Å². The number of furan rings is 1. The summed E-state index contributed by atoms with van der Waals surface area (Å²) in [6.07, 6.45) is 3.33. The molecule has 1 saturated carbocycles. The fraction of sp³-hybridized carbons (Fsp3) is 0.500. The summed E-state index contributed by atoms with van der Waals surface area (Å²) in [5.74, 6) is -1.69. The molecule has 5 nitrogen and oxygen atoms in total. The largest absolute Gasteiger partial charge is 0.475 e. The Morgan fingerprint density at radius 3 is 2.53 bits per heavy atom. The van der Waals surface area contributed by atoms with Crippen LogP contribution >= 0.6 is 0 Å². The van der Waals surface area contributed by atoms with Crippen molar-refractivity contribution in [1.29, 1.82) is 0 Å². The van der Waals surface area contributed by atoms with Crippen LogP contribution in [-0.2, 0) is 0 Å². The Morgan fingerprint density at radius 2 is 2.06 bits per heavy atom. The highest BCUT2D eigenvalue weighted by Crippen LogP contribution is 2.47. The molecular weight excluding hydrogens is 222 g/mol. The van der Waals surface area contributed by atoms with Crippen LogP contribution < -0.4 is 5.32 Å². The molecule has 2 rings (SSSR count). The second-order valence-corrected chi connectivity index (χ2v) is 4.51. The molecule has 0 atom stereocenters. The van der Waals surface area contributed by atoms with Gasteiger partial charge in [-0.3, -0.25) is 4.79 Å². The van der Waals surface area contributed by atoms with Gasteiger partial charge in [0.05, 0.1) is 0 Å². The first-order valence-corrected chi connectivity index (χ1v) is 5.68. The van der Waals surface area contributed by atoms with Crippen molar-refractivity contribution in [3.63, 3.8) is 0 Å². The van der Waals surface area contributed by atoms with Crippen LogP contribution in [0, 0.1) is 5.41 Å². The molecule has 5 heteroatoms. The van der Waals surface area contributed by atoms with Crippen LogP contribution in [0.15, 0.2) is 16.5 Å². The average molecular weight is 237 g/mol. The van der Waals surface area contributed by atoms with Crippen molar-refractivity contribution in [2.75, 3.05) is 6.54 Å². The molecule has 1 fully saturated rings. The van der Waals surface area contributed by atoms with Crippen LogP contribution in [0.4, 0.5) is 0 Å². The number of carboxylic acid groups (broad SMARTS) is 1. The lowest BCUT2D eigenvalue weighted by atomic mass is 10.0. The smallest absolute Gasteiger partial charge is 0.371 e. The van der Waals surface area contributed by atoms with Crippen LogP contribution in [0.25, 0.3) is 0 Å². The summed E-state index contributed by atoms with van der Waals surface area (Å²) >= 11 is 0. The molecule has 0 spiro atoms. The molecule has 1 aromatic heterocycles. The minimum atomic E-state index is -1.17. The normalized spacial score (nSPS) is 16.5. The molecule has 0 unspecified atom stereocenters. The molecule has 1 aromatic rings. The van der Waals surface area contributed by atoms with E-state index in [-0.39, 0.29) is 22.8 Å². The van der Waals surface area contributed by atoms with Gasteiger partial charge in [0.2, 0.25) is 5.76 Å². The van der Waals surface area contributed by atoms with Crippen molar-refractivity contribution in [2.45, 2.75) is 26.2 Å². The molecular formula is C12H15NO4. The van der Waals surface area contributed by atoms with Crippen molar-refractivity contribution in [1.82, 2.24) is 5.32 Å². The number of carboxylic acids is 1. The SMILES string of the molecule is CCC1(CNC(=O)c2ccc(C(=O)O)o2)CC1. The van der Waals surface area contributed by atoms with Crippen molar-refractivity contribution >= 4 is 11.9 Å². The maximum absolute atomic E-state index is 11.7. The molecule has 0 saturated heterocycles. The van der Waals surface area contributed by atoms with Gasteiger partial charge in [-0.05, 0) is 36.8 Å². The summed E-state index contributed by atoms with van der Waals surface area (Å²) in [6.45, 7) is 2.74. The third-order valence-corrected chi connectivity index (χ3v) is 3.37. The summed E-state index contributed by atoms with van der Waals surface area (Å²) in [4.78, 5) is 22.3. The number of hydrogen-bond donors (Lipinski definition) is 2. The maximum Gasteiger partial charge on any atom is 0.371 e. The second-order valence-electron chi connectivity index (χ2n) is 4.51. The van der Waals surface area contributed by atoms with Gasteiger partial charge in [0.15, 0.2) is 5.76 Å². The molecule has 1 amide bonds. The minimum Gasteiger partial charge on any atom is -0.475 e. The van der Waals surface area contributed by atoms with Crippen molar-refractivity contribution in [3.05, 3.63) is 23.7 Å². The van der Waals surface area contributed by atoms with E-state index in [1.54, 1.807) is 0 Å². The van der Waals surface area contributed by atoms with E-state index in [9.17, 15) is 9.59 Å². The highest BCUT2D eigenvalue weighted by molar-refractivity contribution is 5.93. The molecule has 92 valence electrons. The first-order valence-electron chi connectivity index (χ1n) is 5.68. The number of carbonyl (C=O) groups is 2. The molecule has 0 aliphatic heterocycles. The van der Waals surface area contributed by atoms with E-state index in [0.29, 0.717) is 6.54 Å². The number of aromatic carboxylic acids is 1. The molecule has 0 radical (unpaired) electrons. The fourth-order valence-corrected chi connectivity index (χ4v) is 1.76. The van der Waals surface area contributed by atoms with Crippen LogP contribution in [0.3, 0.4) is 0 Å². The Hall–Kier alpha value is -1.78. The quantitative estimate of drug-likeness (QED) is 0.819. The van der Waals surface area contributed by atoms with E-state index in [0.717, 1.165) is 19.3 Å². The molecule has 17 heavy (non-hydrogen) atoms. The lowest BCUT2D eigenvalue weighted by Crippen LogP contribution is -2.29. The van der Waals surface area contributed by atoms with Gasteiger partial charge < -0.3 is 14.8 Å². The molecule has 1 aliphatic carbocycles.